The number of nitrogen functional groups attached to an aromatic ring is 1. The smallest absolute Gasteiger partial charge is 0.251 e. The first-order chi connectivity index (χ1) is 8.91. The fourth-order valence-electron chi connectivity index (χ4n) is 2.09. The number of amides is 1. The zero-order valence-electron chi connectivity index (χ0n) is 10.6. The van der Waals surface area contributed by atoms with Gasteiger partial charge in [-0.3, -0.25) is 4.79 Å². The molecule has 19 heavy (non-hydrogen) atoms. The molecule has 6 heteroatoms. The number of nitrogens with two attached hydrogens (primary N) is 1. The van der Waals surface area contributed by atoms with Crippen molar-refractivity contribution < 1.29 is 4.79 Å². The number of carbonyl (C=O) groups excluding carboxylic acids is 1. The molecule has 3 N–H and O–H groups in total. The Labute approximate surface area is 127 Å². The first-order valence-corrected chi connectivity index (χ1v) is 7.82. The highest BCUT2D eigenvalue weighted by molar-refractivity contribution is 8.00. The summed E-state index contributed by atoms with van der Waals surface area (Å²) in [5, 5.41) is 3.53. The Hall–Kier alpha value is -0.580. The minimum atomic E-state index is -0.168. The average Bonchev–Trinajstić information content (AvgIpc) is 2.80. The van der Waals surface area contributed by atoms with Gasteiger partial charge in [0.25, 0.3) is 5.91 Å². The monoisotopic (exact) mass is 318 g/mol. The third-order valence-corrected chi connectivity index (χ3v) is 5.60. The number of carbonyl (C=O) groups is 1. The van der Waals surface area contributed by atoms with Gasteiger partial charge in [-0.25, -0.2) is 0 Å². The molecule has 0 radical (unpaired) electrons. The number of hydrogen-bond acceptors (Lipinski definition) is 3. The van der Waals surface area contributed by atoms with Crippen molar-refractivity contribution in [2.45, 2.75) is 24.5 Å². The predicted octanol–water partition coefficient (Wildman–Crippen LogP) is 3.59. The maximum Gasteiger partial charge on any atom is 0.251 e. The lowest BCUT2D eigenvalue weighted by Gasteiger charge is -2.22. The lowest BCUT2D eigenvalue weighted by molar-refractivity contribution is 0.0950. The summed E-state index contributed by atoms with van der Waals surface area (Å²) in [5.74, 6) is 0.991. The van der Waals surface area contributed by atoms with E-state index in [9.17, 15) is 4.79 Å². The molecule has 0 saturated carbocycles. The van der Waals surface area contributed by atoms with E-state index >= 15 is 0 Å². The van der Waals surface area contributed by atoms with Crippen molar-refractivity contribution in [3.63, 3.8) is 0 Å². The lowest BCUT2D eigenvalue weighted by Crippen LogP contribution is -2.36. The second kappa shape index (κ2) is 5.81. The molecule has 0 bridgehead atoms. The first kappa shape index (κ1) is 14.8. The van der Waals surface area contributed by atoms with E-state index in [1.54, 1.807) is 12.1 Å². The Morgan fingerprint density at radius 1 is 1.53 bits per heavy atom. The number of thioether (sulfide) groups is 1. The van der Waals surface area contributed by atoms with Crippen LogP contribution in [0.1, 0.15) is 30.1 Å². The number of benzene rings is 1. The molecule has 1 atom stereocenters. The minimum Gasteiger partial charge on any atom is -0.397 e. The van der Waals surface area contributed by atoms with E-state index in [2.05, 4.69) is 12.2 Å². The van der Waals surface area contributed by atoms with Crippen LogP contribution in [0.25, 0.3) is 0 Å². The van der Waals surface area contributed by atoms with Crippen LogP contribution in [0.2, 0.25) is 10.0 Å². The van der Waals surface area contributed by atoms with Crippen molar-refractivity contribution in [2.24, 2.45) is 0 Å². The van der Waals surface area contributed by atoms with Gasteiger partial charge in [-0.1, -0.05) is 23.2 Å². The topological polar surface area (TPSA) is 55.1 Å². The second-order valence-electron chi connectivity index (χ2n) is 4.95. The second-order valence-corrected chi connectivity index (χ2v) is 7.41. The molecule has 1 aromatic carbocycles. The highest BCUT2D eigenvalue weighted by atomic mass is 35.5. The molecule has 1 unspecified atom stereocenters. The van der Waals surface area contributed by atoms with Gasteiger partial charge in [-0.15, -0.1) is 0 Å². The van der Waals surface area contributed by atoms with Gasteiger partial charge in [-0.2, -0.15) is 11.8 Å². The third-order valence-electron chi connectivity index (χ3n) is 3.24. The first-order valence-electron chi connectivity index (χ1n) is 6.08. The maximum absolute atomic E-state index is 12.1. The summed E-state index contributed by atoms with van der Waals surface area (Å²) in [6.07, 6.45) is 2.33. The number of rotatable bonds is 3. The molecule has 0 spiro atoms. The Kier molecular flexibility index (Phi) is 4.54. The van der Waals surface area contributed by atoms with E-state index in [0.717, 1.165) is 12.2 Å². The van der Waals surface area contributed by atoms with Crippen molar-refractivity contribution in [1.82, 2.24) is 5.32 Å². The standard InChI is InChI=1S/C13H16Cl2N2OS/c1-13(3-2-4-19-13)7-17-12(18)8-5-9(14)11(15)10(16)6-8/h5-6H,2-4,7,16H2,1H3,(H,17,18). The molecule has 104 valence electrons. The molecule has 0 aliphatic carbocycles. The van der Waals surface area contributed by atoms with E-state index in [0.29, 0.717) is 22.8 Å². The molecule has 1 amide bonds. The van der Waals surface area contributed by atoms with Gasteiger partial charge in [0.2, 0.25) is 0 Å². The molecular weight excluding hydrogens is 303 g/mol. The van der Waals surface area contributed by atoms with E-state index in [-0.39, 0.29) is 15.7 Å². The van der Waals surface area contributed by atoms with Crippen LogP contribution in [0, 0.1) is 0 Å². The zero-order chi connectivity index (χ0) is 14.0. The quantitative estimate of drug-likeness (QED) is 0.837. The molecule has 3 nitrogen and oxygen atoms in total. The third kappa shape index (κ3) is 3.50. The fourth-order valence-corrected chi connectivity index (χ4v) is 3.67. The Balaban J connectivity index is 2.04. The minimum absolute atomic E-state index is 0.136. The van der Waals surface area contributed by atoms with E-state index < -0.39 is 0 Å². The summed E-state index contributed by atoms with van der Waals surface area (Å²) in [7, 11) is 0. The molecule has 1 aliphatic heterocycles. The van der Waals surface area contributed by atoms with E-state index in [4.69, 9.17) is 28.9 Å². The lowest BCUT2D eigenvalue weighted by atomic mass is 10.1. The summed E-state index contributed by atoms with van der Waals surface area (Å²) in [5.41, 5.74) is 6.47. The van der Waals surface area contributed by atoms with Gasteiger partial charge in [0, 0.05) is 16.9 Å². The molecule has 1 heterocycles. The molecule has 0 aromatic heterocycles. The number of halogens is 2. The highest BCUT2D eigenvalue weighted by Gasteiger charge is 2.29. The van der Waals surface area contributed by atoms with Gasteiger partial charge >= 0.3 is 0 Å². The molecule has 1 aliphatic rings. The van der Waals surface area contributed by atoms with Gasteiger partial charge in [-0.05, 0) is 37.7 Å². The normalized spacial score (nSPS) is 22.5. The fraction of sp³-hybridized carbons (Fsp3) is 0.462. The number of nitrogens with one attached hydrogen (secondary N) is 1. The van der Waals surface area contributed by atoms with Gasteiger partial charge < -0.3 is 11.1 Å². The summed E-state index contributed by atoms with van der Waals surface area (Å²) >= 11 is 13.7. The predicted molar refractivity (Wildman–Crippen MR) is 83.3 cm³/mol. The average molecular weight is 319 g/mol. The van der Waals surface area contributed by atoms with E-state index in [1.165, 1.54) is 6.42 Å². The molecule has 2 rings (SSSR count). The van der Waals surface area contributed by atoms with Crippen LogP contribution in [-0.2, 0) is 0 Å². The van der Waals surface area contributed by atoms with Crippen molar-refractivity contribution in [2.75, 3.05) is 18.0 Å². The summed E-state index contributed by atoms with van der Waals surface area (Å²) in [6, 6.07) is 3.09. The van der Waals surface area contributed by atoms with Crippen LogP contribution >= 0.6 is 35.0 Å². The Morgan fingerprint density at radius 3 is 2.84 bits per heavy atom. The van der Waals surface area contributed by atoms with Crippen molar-refractivity contribution in [1.29, 1.82) is 0 Å². The largest absolute Gasteiger partial charge is 0.397 e. The molecular formula is C13H16Cl2N2OS. The zero-order valence-corrected chi connectivity index (χ0v) is 13.0. The van der Waals surface area contributed by atoms with Crippen LogP contribution in [0.3, 0.4) is 0 Å². The maximum atomic E-state index is 12.1. The molecule has 1 saturated heterocycles. The number of hydrogen-bond donors (Lipinski definition) is 2. The summed E-state index contributed by atoms with van der Waals surface area (Å²) < 4.78 is 0.136. The van der Waals surface area contributed by atoms with Gasteiger partial charge in [0.05, 0.1) is 15.7 Å². The van der Waals surface area contributed by atoms with Crippen LogP contribution < -0.4 is 11.1 Å². The van der Waals surface area contributed by atoms with Crippen LogP contribution in [0.5, 0.6) is 0 Å². The number of anilines is 1. The van der Waals surface area contributed by atoms with Crippen LogP contribution in [-0.4, -0.2) is 23.0 Å². The van der Waals surface area contributed by atoms with Crippen molar-refractivity contribution >= 4 is 46.6 Å². The van der Waals surface area contributed by atoms with Crippen LogP contribution in [0.15, 0.2) is 12.1 Å². The summed E-state index contributed by atoms with van der Waals surface area (Å²) in [6.45, 7) is 2.82. The Morgan fingerprint density at radius 2 is 2.26 bits per heavy atom. The van der Waals surface area contributed by atoms with E-state index in [1.807, 2.05) is 11.8 Å². The highest BCUT2D eigenvalue weighted by Crippen LogP contribution is 2.37. The SMILES string of the molecule is CC1(CNC(=O)c2cc(N)c(Cl)c(Cl)c2)CCCS1. The van der Waals surface area contributed by atoms with Crippen molar-refractivity contribution in [3.8, 4) is 0 Å². The molecule has 1 fully saturated rings. The van der Waals surface area contributed by atoms with Crippen molar-refractivity contribution in [3.05, 3.63) is 27.7 Å². The summed E-state index contributed by atoms with van der Waals surface area (Å²) in [4.78, 5) is 12.1. The molecule has 1 aromatic rings. The van der Waals surface area contributed by atoms with Crippen LogP contribution in [0.4, 0.5) is 5.69 Å². The Bertz CT molecular complexity index is 478. The van der Waals surface area contributed by atoms with Gasteiger partial charge in [0.1, 0.15) is 0 Å². The van der Waals surface area contributed by atoms with Gasteiger partial charge in [0.15, 0.2) is 0 Å².